The number of nitrogens with one attached hydrogen (secondary N) is 1. The molecule has 7 nitrogen and oxygen atoms in total. The third-order valence-corrected chi connectivity index (χ3v) is 6.45. The van der Waals surface area contributed by atoms with Gasteiger partial charge in [-0.2, -0.15) is 0 Å². The summed E-state index contributed by atoms with van der Waals surface area (Å²) in [6, 6.07) is 19.3. The Kier molecular flexibility index (Phi) is 7.14. The van der Waals surface area contributed by atoms with E-state index in [0.29, 0.717) is 5.88 Å². The minimum atomic E-state index is -0.612. The fraction of sp³-hybridized carbons (Fsp3) is 0.333. The van der Waals surface area contributed by atoms with E-state index in [1.54, 1.807) is 7.11 Å². The van der Waals surface area contributed by atoms with Crippen molar-refractivity contribution < 1.29 is 23.6 Å². The molecular weight excluding hydrogens is 443 g/mol. The maximum Gasteiger partial charge on any atom is 0.492 e. The Morgan fingerprint density at radius 1 is 1.03 bits per heavy atom. The first-order valence-electron chi connectivity index (χ1n) is 11.6. The molecule has 1 amide bonds. The van der Waals surface area contributed by atoms with E-state index in [4.69, 9.17) is 18.8 Å². The zero-order valence-corrected chi connectivity index (χ0v) is 20.8. The third kappa shape index (κ3) is 5.84. The number of fused-ring (bicyclic) bond motifs is 1. The zero-order chi connectivity index (χ0) is 25.1. The van der Waals surface area contributed by atoms with Crippen molar-refractivity contribution in [2.75, 3.05) is 13.7 Å². The summed E-state index contributed by atoms with van der Waals surface area (Å²) in [7, 11) is 0.985. The van der Waals surface area contributed by atoms with Crippen LogP contribution >= 0.6 is 0 Å². The van der Waals surface area contributed by atoms with Gasteiger partial charge in [0.1, 0.15) is 6.61 Å². The first-order chi connectivity index (χ1) is 16.7. The highest BCUT2D eigenvalue weighted by molar-refractivity contribution is 6.56. The molecule has 4 rings (SSSR count). The highest BCUT2D eigenvalue weighted by Crippen LogP contribution is 2.38. The van der Waals surface area contributed by atoms with Gasteiger partial charge in [0.2, 0.25) is 5.88 Å². The average molecular weight is 474 g/mol. The fourth-order valence-corrected chi connectivity index (χ4v) is 3.69. The predicted octanol–water partition coefficient (Wildman–Crippen LogP) is 5.18. The Labute approximate surface area is 206 Å². The second kappa shape index (κ2) is 10.1. The molecule has 1 aliphatic rings. The molecule has 35 heavy (non-hydrogen) atoms. The molecule has 1 saturated heterocycles. The number of nitrogens with zero attached hydrogens (tertiary/aromatic N) is 1. The fourth-order valence-electron chi connectivity index (χ4n) is 3.69. The topological polar surface area (TPSA) is 78.9 Å². The maximum atomic E-state index is 12.4. The number of amides is 1. The molecule has 0 spiro atoms. The first kappa shape index (κ1) is 24.8. The summed E-state index contributed by atoms with van der Waals surface area (Å²) in [5.74, 6) is 0.567. The van der Waals surface area contributed by atoms with Crippen molar-refractivity contribution in [3.05, 3.63) is 77.3 Å². The van der Waals surface area contributed by atoms with E-state index in [0.717, 1.165) is 27.5 Å². The van der Waals surface area contributed by atoms with Gasteiger partial charge in [0.25, 0.3) is 0 Å². The van der Waals surface area contributed by atoms with Crippen molar-refractivity contribution in [3.63, 3.8) is 0 Å². The number of carbonyl (C=O) groups excluding carboxylic acids is 1. The Bertz CT molecular complexity index is 1210. The summed E-state index contributed by atoms with van der Waals surface area (Å²) in [4.78, 5) is 16.9. The molecule has 0 unspecified atom stereocenters. The lowest BCUT2D eigenvalue weighted by molar-refractivity contribution is 0.00578. The Hall–Kier alpha value is -3.36. The van der Waals surface area contributed by atoms with Crippen LogP contribution in [0.3, 0.4) is 0 Å². The van der Waals surface area contributed by atoms with Crippen LogP contribution in [-0.4, -0.2) is 43.1 Å². The Morgan fingerprint density at radius 2 is 1.74 bits per heavy atom. The largest absolute Gasteiger partial charge is 0.492 e. The van der Waals surface area contributed by atoms with Crippen LogP contribution in [0.25, 0.3) is 17.0 Å². The average Bonchev–Trinajstić information content (AvgIpc) is 3.07. The minimum Gasteiger partial charge on any atom is -0.481 e. The summed E-state index contributed by atoms with van der Waals surface area (Å²) in [6.45, 7) is 8.41. The number of rotatable bonds is 7. The molecule has 2 heterocycles. The molecule has 1 aliphatic heterocycles. The Morgan fingerprint density at radius 3 is 2.43 bits per heavy atom. The summed E-state index contributed by atoms with van der Waals surface area (Å²) in [5.41, 5.74) is 2.46. The van der Waals surface area contributed by atoms with Crippen molar-refractivity contribution in [1.82, 2.24) is 10.3 Å². The van der Waals surface area contributed by atoms with Gasteiger partial charge in [-0.05, 0) is 62.5 Å². The normalized spacial score (nSPS) is 16.8. The Balaban J connectivity index is 1.54. The lowest BCUT2D eigenvalue weighted by Crippen LogP contribution is -2.41. The summed E-state index contributed by atoms with van der Waals surface area (Å²) >= 11 is 0. The van der Waals surface area contributed by atoms with Crippen LogP contribution in [0.4, 0.5) is 4.79 Å². The number of alkyl carbamates (subject to hydrolysis) is 1. The van der Waals surface area contributed by atoms with E-state index in [9.17, 15) is 4.79 Å². The molecule has 3 aromatic rings. The van der Waals surface area contributed by atoms with Gasteiger partial charge >= 0.3 is 13.2 Å². The second-order valence-electron chi connectivity index (χ2n) is 9.53. The molecule has 0 bridgehead atoms. The number of benzene rings is 2. The molecule has 2 aromatic carbocycles. The minimum absolute atomic E-state index is 0.198. The highest BCUT2D eigenvalue weighted by atomic mass is 16.7. The third-order valence-electron chi connectivity index (χ3n) is 6.45. The number of ether oxygens (including phenoxy) is 2. The molecule has 0 aliphatic carbocycles. The zero-order valence-electron chi connectivity index (χ0n) is 20.8. The van der Waals surface area contributed by atoms with E-state index in [-0.39, 0.29) is 13.2 Å². The van der Waals surface area contributed by atoms with Gasteiger partial charge in [-0.3, -0.25) is 0 Å². The van der Waals surface area contributed by atoms with Crippen LogP contribution in [0.5, 0.6) is 5.88 Å². The molecule has 0 atom stereocenters. The quantitative estimate of drug-likeness (QED) is 0.476. The van der Waals surface area contributed by atoms with Crippen LogP contribution < -0.4 is 10.1 Å². The number of pyridine rings is 1. The molecule has 0 saturated carbocycles. The van der Waals surface area contributed by atoms with Crippen LogP contribution in [-0.2, 0) is 20.7 Å². The van der Waals surface area contributed by atoms with Gasteiger partial charge < -0.3 is 24.1 Å². The second-order valence-corrected chi connectivity index (χ2v) is 9.53. The van der Waals surface area contributed by atoms with Crippen LogP contribution in [0.15, 0.2) is 66.1 Å². The maximum absolute atomic E-state index is 12.4. The van der Waals surface area contributed by atoms with E-state index in [2.05, 4.69) is 10.3 Å². The molecule has 1 fully saturated rings. The number of carbonyl (C=O) groups is 1. The van der Waals surface area contributed by atoms with E-state index >= 15 is 0 Å². The van der Waals surface area contributed by atoms with Gasteiger partial charge in [0, 0.05) is 18.0 Å². The van der Waals surface area contributed by atoms with E-state index in [1.807, 2.05) is 94.4 Å². The summed E-state index contributed by atoms with van der Waals surface area (Å²) < 4.78 is 23.1. The molecule has 1 aromatic heterocycles. The van der Waals surface area contributed by atoms with Gasteiger partial charge in [-0.1, -0.05) is 42.5 Å². The molecule has 1 N–H and O–H groups in total. The number of hydrogen-bond acceptors (Lipinski definition) is 6. The first-order valence-corrected chi connectivity index (χ1v) is 11.6. The van der Waals surface area contributed by atoms with E-state index in [1.165, 1.54) is 0 Å². The van der Waals surface area contributed by atoms with Gasteiger partial charge in [0.05, 0.1) is 23.8 Å². The van der Waals surface area contributed by atoms with Crippen molar-refractivity contribution >= 4 is 30.2 Å². The summed E-state index contributed by atoms with van der Waals surface area (Å²) in [5, 5.41) is 3.81. The van der Waals surface area contributed by atoms with Crippen LogP contribution in [0, 0.1) is 0 Å². The van der Waals surface area contributed by atoms with Crippen LogP contribution in [0.2, 0.25) is 0 Å². The molecule has 182 valence electrons. The monoisotopic (exact) mass is 474 g/mol. The predicted molar refractivity (Wildman–Crippen MR) is 137 cm³/mol. The smallest absolute Gasteiger partial charge is 0.481 e. The van der Waals surface area contributed by atoms with Crippen molar-refractivity contribution in [3.8, 4) is 5.88 Å². The van der Waals surface area contributed by atoms with Gasteiger partial charge in [0.15, 0.2) is 0 Å². The van der Waals surface area contributed by atoms with E-state index < -0.39 is 24.4 Å². The standard InChI is InChI=1S/C27H31BN2O5/c1-26(2)27(3,4)35-28(34-26)22(17-29-25(31)33-18-19-9-7-6-8-10-19)16-20-11-13-23-21(15-20)12-14-24(30-23)32-5/h6-16H,17-18H2,1-5H3,(H,29,31). The highest BCUT2D eigenvalue weighted by Gasteiger charge is 2.52. The SMILES string of the molecule is COc1ccc2cc(C=C(CNC(=O)OCc3ccccc3)B3OC(C)(C)C(C)(C)O3)ccc2n1. The number of aromatic nitrogens is 1. The molecule has 0 radical (unpaired) electrons. The van der Waals surface area contributed by atoms with Crippen LogP contribution in [0.1, 0.15) is 38.8 Å². The van der Waals surface area contributed by atoms with Crippen molar-refractivity contribution in [2.24, 2.45) is 0 Å². The molecular formula is C27H31BN2O5. The number of methoxy groups -OCH3 is 1. The van der Waals surface area contributed by atoms with Gasteiger partial charge in [-0.15, -0.1) is 0 Å². The molecule has 8 heteroatoms. The van der Waals surface area contributed by atoms with Crippen molar-refractivity contribution in [1.29, 1.82) is 0 Å². The lowest BCUT2D eigenvalue weighted by Gasteiger charge is -2.32. The van der Waals surface area contributed by atoms with Crippen molar-refractivity contribution in [2.45, 2.75) is 45.5 Å². The summed E-state index contributed by atoms with van der Waals surface area (Å²) in [6.07, 6.45) is 1.47. The van der Waals surface area contributed by atoms with Gasteiger partial charge in [-0.25, -0.2) is 9.78 Å². The number of hydrogen-bond donors (Lipinski definition) is 1. The lowest BCUT2D eigenvalue weighted by atomic mass is 9.77.